The molecule has 0 amide bonds. The SMILES string of the molecule is CCNc1cccc(CN(CC)Cc2cccc(C)n2)n1. The van der Waals surface area contributed by atoms with E-state index >= 15 is 0 Å². The average Bonchev–Trinajstić information content (AvgIpc) is 2.47. The van der Waals surface area contributed by atoms with E-state index in [1.807, 2.05) is 19.1 Å². The first-order valence-electron chi connectivity index (χ1n) is 7.56. The van der Waals surface area contributed by atoms with Crippen molar-refractivity contribution in [3.63, 3.8) is 0 Å². The van der Waals surface area contributed by atoms with Crippen molar-refractivity contribution in [2.75, 3.05) is 18.4 Å². The minimum atomic E-state index is 0.839. The van der Waals surface area contributed by atoms with E-state index in [1.165, 1.54) is 0 Å². The molecule has 2 aromatic heterocycles. The number of pyridine rings is 2. The highest BCUT2D eigenvalue weighted by Gasteiger charge is 2.07. The van der Waals surface area contributed by atoms with Crippen LogP contribution in [0.15, 0.2) is 36.4 Å². The molecule has 4 nitrogen and oxygen atoms in total. The maximum atomic E-state index is 4.64. The normalized spacial score (nSPS) is 10.9. The second-order valence-electron chi connectivity index (χ2n) is 5.12. The lowest BCUT2D eigenvalue weighted by molar-refractivity contribution is 0.265. The molecule has 2 aromatic rings. The fourth-order valence-electron chi connectivity index (χ4n) is 2.27. The molecule has 0 radical (unpaired) electrons. The van der Waals surface area contributed by atoms with E-state index < -0.39 is 0 Å². The third-order valence-electron chi connectivity index (χ3n) is 3.33. The van der Waals surface area contributed by atoms with Crippen molar-refractivity contribution in [1.29, 1.82) is 0 Å². The van der Waals surface area contributed by atoms with Crippen molar-refractivity contribution in [2.24, 2.45) is 0 Å². The Hall–Kier alpha value is -1.94. The number of hydrogen-bond acceptors (Lipinski definition) is 4. The van der Waals surface area contributed by atoms with Crippen molar-refractivity contribution in [1.82, 2.24) is 14.9 Å². The van der Waals surface area contributed by atoms with Gasteiger partial charge in [0.05, 0.1) is 11.4 Å². The smallest absolute Gasteiger partial charge is 0.126 e. The van der Waals surface area contributed by atoms with Gasteiger partial charge in [0.25, 0.3) is 0 Å². The Bertz CT molecular complexity index is 568. The van der Waals surface area contributed by atoms with Gasteiger partial charge in [-0.05, 0) is 44.7 Å². The van der Waals surface area contributed by atoms with Crippen molar-refractivity contribution >= 4 is 5.82 Å². The molecule has 0 unspecified atom stereocenters. The van der Waals surface area contributed by atoms with Gasteiger partial charge >= 0.3 is 0 Å². The molecule has 0 saturated carbocycles. The summed E-state index contributed by atoms with van der Waals surface area (Å²) in [6.07, 6.45) is 0. The van der Waals surface area contributed by atoms with E-state index in [0.29, 0.717) is 0 Å². The molecule has 0 spiro atoms. The highest BCUT2D eigenvalue weighted by molar-refractivity contribution is 5.35. The number of aromatic nitrogens is 2. The number of nitrogens with one attached hydrogen (secondary N) is 1. The standard InChI is InChI=1S/C17H24N4/c1-4-18-17-11-7-10-16(20-17)13-21(5-2)12-15-9-6-8-14(3)19-15/h6-11H,4-5,12-13H2,1-3H3,(H,18,20). The Morgan fingerprint density at radius 1 is 0.952 bits per heavy atom. The Morgan fingerprint density at radius 3 is 2.24 bits per heavy atom. The second kappa shape index (κ2) is 7.74. The molecule has 0 aliphatic carbocycles. The zero-order valence-corrected chi connectivity index (χ0v) is 13.1. The van der Waals surface area contributed by atoms with E-state index in [0.717, 1.165) is 49.1 Å². The molecule has 4 heteroatoms. The minimum absolute atomic E-state index is 0.839. The fourth-order valence-corrected chi connectivity index (χ4v) is 2.27. The molecule has 0 aliphatic heterocycles. The van der Waals surface area contributed by atoms with Crippen molar-refractivity contribution in [3.8, 4) is 0 Å². The Kier molecular flexibility index (Phi) is 5.69. The number of anilines is 1. The van der Waals surface area contributed by atoms with Crippen LogP contribution in [0.5, 0.6) is 0 Å². The Labute approximate surface area is 127 Å². The molecule has 0 aliphatic rings. The molecular weight excluding hydrogens is 260 g/mol. The summed E-state index contributed by atoms with van der Waals surface area (Å²) in [5, 5.41) is 3.25. The van der Waals surface area contributed by atoms with Crippen LogP contribution in [0.2, 0.25) is 0 Å². The third kappa shape index (κ3) is 4.83. The highest BCUT2D eigenvalue weighted by atomic mass is 15.1. The molecule has 0 saturated heterocycles. The molecule has 2 heterocycles. The van der Waals surface area contributed by atoms with Crippen LogP contribution in [0, 0.1) is 6.92 Å². The van der Waals surface area contributed by atoms with Crippen LogP contribution in [0.25, 0.3) is 0 Å². The van der Waals surface area contributed by atoms with E-state index in [4.69, 9.17) is 0 Å². The van der Waals surface area contributed by atoms with Gasteiger partial charge in [-0.3, -0.25) is 9.88 Å². The molecule has 0 fully saturated rings. The van der Waals surface area contributed by atoms with Crippen LogP contribution in [-0.4, -0.2) is 28.0 Å². The summed E-state index contributed by atoms with van der Waals surface area (Å²) in [5.41, 5.74) is 3.26. The first-order valence-corrected chi connectivity index (χ1v) is 7.56. The van der Waals surface area contributed by atoms with Crippen LogP contribution in [0.4, 0.5) is 5.82 Å². The van der Waals surface area contributed by atoms with Gasteiger partial charge in [0.1, 0.15) is 5.82 Å². The molecule has 112 valence electrons. The lowest BCUT2D eigenvalue weighted by Crippen LogP contribution is -2.23. The molecule has 0 atom stereocenters. The Morgan fingerprint density at radius 2 is 1.62 bits per heavy atom. The van der Waals surface area contributed by atoms with Crippen molar-refractivity contribution in [3.05, 3.63) is 53.5 Å². The van der Waals surface area contributed by atoms with Gasteiger partial charge in [0.2, 0.25) is 0 Å². The van der Waals surface area contributed by atoms with Gasteiger partial charge in [-0.2, -0.15) is 0 Å². The van der Waals surface area contributed by atoms with Gasteiger partial charge < -0.3 is 5.32 Å². The number of nitrogens with zero attached hydrogens (tertiary/aromatic N) is 3. The second-order valence-corrected chi connectivity index (χ2v) is 5.12. The minimum Gasteiger partial charge on any atom is -0.370 e. The lowest BCUT2D eigenvalue weighted by atomic mass is 10.2. The van der Waals surface area contributed by atoms with Crippen LogP contribution in [0.3, 0.4) is 0 Å². The summed E-state index contributed by atoms with van der Waals surface area (Å²) in [6, 6.07) is 12.3. The van der Waals surface area contributed by atoms with Gasteiger partial charge in [-0.15, -0.1) is 0 Å². The predicted octanol–water partition coefficient (Wildman–Crippen LogP) is 3.24. The van der Waals surface area contributed by atoms with E-state index in [9.17, 15) is 0 Å². The molecule has 1 N–H and O–H groups in total. The monoisotopic (exact) mass is 284 g/mol. The zero-order chi connectivity index (χ0) is 15.1. The quantitative estimate of drug-likeness (QED) is 0.847. The van der Waals surface area contributed by atoms with E-state index in [1.54, 1.807) is 0 Å². The van der Waals surface area contributed by atoms with Crippen molar-refractivity contribution in [2.45, 2.75) is 33.9 Å². The third-order valence-corrected chi connectivity index (χ3v) is 3.33. The first kappa shape index (κ1) is 15.4. The summed E-state index contributed by atoms with van der Waals surface area (Å²) in [4.78, 5) is 11.6. The maximum Gasteiger partial charge on any atom is 0.126 e. The van der Waals surface area contributed by atoms with Gasteiger partial charge in [-0.1, -0.05) is 19.1 Å². The lowest BCUT2D eigenvalue weighted by Gasteiger charge is -2.20. The number of hydrogen-bond donors (Lipinski definition) is 1. The highest BCUT2D eigenvalue weighted by Crippen LogP contribution is 2.10. The average molecular weight is 284 g/mol. The van der Waals surface area contributed by atoms with Gasteiger partial charge in [0.15, 0.2) is 0 Å². The zero-order valence-electron chi connectivity index (χ0n) is 13.1. The molecule has 0 aromatic carbocycles. The van der Waals surface area contributed by atoms with Gasteiger partial charge in [0, 0.05) is 25.3 Å². The fraction of sp³-hybridized carbons (Fsp3) is 0.412. The summed E-state index contributed by atoms with van der Waals surface area (Å²) >= 11 is 0. The topological polar surface area (TPSA) is 41.0 Å². The summed E-state index contributed by atoms with van der Waals surface area (Å²) in [7, 11) is 0. The maximum absolute atomic E-state index is 4.64. The summed E-state index contributed by atoms with van der Waals surface area (Å²) in [6.45, 7) is 9.84. The molecule has 2 rings (SSSR count). The molecular formula is C17H24N4. The molecule has 21 heavy (non-hydrogen) atoms. The molecule has 0 bridgehead atoms. The van der Waals surface area contributed by atoms with E-state index in [2.05, 4.69) is 58.3 Å². The Balaban J connectivity index is 2.03. The van der Waals surface area contributed by atoms with Crippen LogP contribution in [-0.2, 0) is 13.1 Å². The predicted molar refractivity (Wildman–Crippen MR) is 87.2 cm³/mol. The summed E-state index contributed by atoms with van der Waals surface area (Å²) < 4.78 is 0. The van der Waals surface area contributed by atoms with Crippen molar-refractivity contribution < 1.29 is 0 Å². The van der Waals surface area contributed by atoms with Crippen LogP contribution < -0.4 is 5.32 Å². The first-order chi connectivity index (χ1) is 10.2. The summed E-state index contributed by atoms with van der Waals surface area (Å²) in [5.74, 6) is 0.944. The van der Waals surface area contributed by atoms with E-state index in [-0.39, 0.29) is 0 Å². The van der Waals surface area contributed by atoms with Crippen LogP contribution >= 0.6 is 0 Å². The van der Waals surface area contributed by atoms with Gasteiger partial charge in [-0.25, -0.2) is 4.98 Å². The number of aryl methyl sites for hydroxylation is 1. The van der Waals surface area contributed by atoms with Crippen LogP contribution in [0.1, 0.15) is 30.9 Å². The number of rotatable bonds is 7. The largest absolute Gasteiger partial charge is 0.370 e.